The number of hydrogen-bond donors (Lipinski definition) is 0. The molecule has 0 aromatic carbocycles. The van der Waals surface area contributed by atoms with Gasteiger partial charge in [-0.05, 0) is 6.54 Å². The number of likely N-dealkylation sites (N-methyl/N-ethyl adjacent to an activating group) is 1. The molecular formula is C11H23N3O4S. The van der Waals surface area contributed by atoms with E-state index in [1.54, 1.807) is 0 Å². The Balaban J connectivity index is 2.53. The van der Waals surface area contributed by atoms with Crippen molar-refractivity contribution in [3.8, 4) is 0 Å². The molecule has 1 rings (SSSR count). The summed E-state index contributed by atoms with van der Waals surface area (Å²) in [6.07, 6.45) is 0.0706. The standard InChI is InChI=1S/C11H23N3O4S/c1-4-13-7-9-14(10-8-13)19(16,17)12(2)6-5-11(15)18-3/h4-10H2,1-3H3. The van der Waals surface area contributed by atoms with Crippen molar-refractivity contribution < 1.29 is 17.9 Å². The summed E-state index contributed by atoms with van der Waals surface area (Å²) < 4.78 is 31.7. The number of esters is 1. The molecule has 8 heteroatoms. The van der Waals surface area contributed by atoms with E-state index >= 15 is 0 Å². The van der Waals surface area contributed by atoms with E-state index in [0.717, 1.165) is 19.6 Å². The van der Waals surface area contributed by atoms with Crippen molar-refractivity contribution in [1.82, 2.24) is 13.5 Å². The number of rotatable bonds is 6. The van der Waals surface area contributed by atoms with Crippen LogP contribution >= 0.6 is 0 Å². The molecule has 1 saturated heterocycles. The number of ether oxygens (including phenoxy) is 1. The summed E-state index contributed by atoms with van der Waals surface area (Å²) in [5.41, 5.74) is 0. The molecule has 1 heterocycles. The van der Waals surface area contributed by atoms with E-state index in [1.807, 2.05) is 0 Å². The van der Waals surface area contributed by atoms with E-state index in [9.17, 15) is 13.2 Å². The number of carbonyl (C=O) groups is 1. The molecule has 0 aromatic heterocycles. The van der Waals surface area contributed by atoms with Crippen LogP contribution in [0.5, 0.6) is 0 Å². The smallest absolute Gasteiger partial charge is 0.306 e. The predicted molar refractivity (Wildman–Crippen MR) is 71.9 cm³/mol. The Morgan fingerprint density at radius 1 is 1.26 bits per heavy atom. The summed E-state index contributed by atoms with van der Waals surface area (Å²) in [6.45, 7) is 5.64. The predicted octanol–water partition coefficient (Wildman–Crippen LogP) is -0.636. The van der Waals surface area contributed by atoms with Crippen LogP contribution in [0.25, 0.3) is 0 Å². The maximum atomic E-state index is 12.3. The Morgan fingerprint density at radius 3 is 2.32 bits per heavy atom. The molecule has 0 spiro atoms. The fourth-order valence-corrected chi connectivity index (χ4v) is 3.28. The van der Waals surface area contributed by atoms with Gasteiger partial charge in [-0.1, -0.05) is 6.92 Å². The minimum atomic E-state index is -3.47. The Kier molecular flexibility index (Phi) is 6.18. The fraction of sp³-hybridized carbons (Fsp3) is 0.909. The third kappa shape index (κ3) is 4.41. The van der Waals surface area contributed by atoms with Gasteiger partial charge in [-0.2, -0.15) is 17.0 Å². The molecule has 0 saturated carbocycles. The minimum Gasteiger partial charge on any atom is -0.469 e. The number of hydrogen-bond acceptors (Lipinski definition) is 5. The molecule has 112 valence electrons. The van der Waals surface area contributed by atoms with Crippen molar-refractivity contribution >= 4 is 16.2 Å². The quantitative estimate of drug-likeness (QED) is 0.610. The second kappa shape index (κ2) is 7.18. The molecule has 1 aliphatic heterocycles. The Hall–Kier alpha value is -0.700. The molecule has 0 amide bonds. The fourth-order valence-electron chi connectivity index (χ4n) is 1.94. The molecule has 0 unspecified atom stereocenters. The Labute approximate surface area is 115 Å². The number of carbonyl (C=O) groups excluding carboxylic acids is 1. The SMILES string of the molecule is CCN1CCN(S(=O)(=O)N(C)CCC(=O)OC)CC1. The van der Waals surface area contributed by atoms with Gasteiger partial charge >= 0.3 is 5.97 Å². The molecule has 0 aromatic rings. The highest BCUT2D eigenvalue weighted by molar-refractivity contribution is 7.86. The maximum Gasteiger partial charge on any atom is 0.306 e. The van der Waals surface area contributed by atoms with E-state index in [4.69, 9.17) is 0 Å². The zero-order valence-corrected chi connectivity index (χ0v) is 12.6. The summed E-state index contributed by atoms with van der Waals surface area (Å²) in [6, 6.07) is 0. The average Bonchev–Trinajstić information content (AvgIpc) is 2.44. The van der Waals surface area contributed by atoms with Gasteiger partial charge in [0.25, 0.3) is 10.2 Å². The molecule has 1 aliphatic rings. The molecule has 0 aliphatic carbocycles. The minimum absolute atomic E-state index is 0.0706. The summed E-state index contributed by atoms with van der Waals surface area (Å²) in [4.78, 5) is 13.2. The van der Waals surface area contributed by atoms with Crippen LogP contribution in [0.3, 0.4) is 0 Å². The molecular weight excluding hydrogens is 270 g/mol. The van der Waals surface area contributed by atoms with Crippen molar-refractivity contribution in [2.24, 2.45) is 0 Å². The zero-order valence-electron chi connectivity index (χ0n) is 11.8. The van der Waals surface area contributed by atoms with Crippen LogP contribution in [0, 0.1) is 0 Å². The largest absolute Gasteiger partial charge is 0.469 e. The zero-order chi connectivity index (χ0) is 14.5. The highest BCUT2D eigenvalue weighted by Crippen LogP contribution is 2.11. The van der Waals surface area contributed by atoms with Crippen LogP contribution in [0.2, 0.25) is 0 Å². The molecule has 0 N–H and O–H groups in total. The van der Waals surface area contributed by atoms with Gasteiger partial charge in [0.05, 0.1) is 13.5 Å². The van der Waals surface area contributed by atoms with Crippen LogP contribution in [-0.4, -0.2) is 81.3 Å². The first-order chi connectivity index (χ1) is 8.91. The van der Waals surface area contributed by atoms with E-state index in [0.29, 0.717) is 13.1 Å². The van der Waals surface area contributed by atoms with Gasteiger partial charge in [0.15, 0.2) is 0 Å². The first-order valence-electron chi connectivity index (χ1n) is 6.42. The van der Waals surface area contributed by atoms with Gasteiger partial charge in [-0.15, -0.1) is 0 Å². The summed E-state index contributed by atoms with van der Waals surface area (Å²) >= 11 is 0. The van der Waals surface area contributed by atoms with E-state index < -0.39 is 16.2 Å². The van der Waals surface area contributed by atoms with Gasteiger partial charge in [0.2, 0.25) is 0 Å². The lowest BCUT2D eigenvalue weighted by atomic mass is 10.4. The molecule has 0 atom stereocenters. The van der Waals surface area contributed by atoms with Crippen LogP contribution < -0.4 is 0 Å². The first kappa shape index (κ1) is 16.4. The van der Waals surface area contributed by atoms with Crippen molar-refractivity contribution in [3.05, 3.63) is 0 Å². The summed E-state index contributed by atoms with van der Waals surface area (Å²) in [7, 11) is -0.682. The van der Waals surface area contributed by atoms with E-state index in [-0.39, 0.29) is 13.0 Å². The second-order valence-corrected chi connectivity index (χ2v) is 6.52. The Morgan fingerprint density at radius 2 is 1.84 bits per heavy atom. The topological polar surface area (TPSA) is 70.2 Å². The van der Waals surface area contributed by atoms with Crippen molar-refractivity contribution in [1.29, 1.82) is 0 Å². The van der Waals surface area contributed by atoms with E-state index in [2.05, 4.69) is 16.6 Å². The second-order valence-electron chi connectivity index (χ2n) is 4.49. The van der Waals surface area contributed by atoms with Gasteiger partial charge in [0.1, 0.15) is 0 Å². The van der Waals surface area contributed by atoms with Gasteiger partial charge in [0, 0.05) is 39.8 Å². The molecule has 0 radical (unpaired) electrons. The Bertz CT molecular complexity index is 391. The lowest BCUT2D eigenvalue weighted by Gasteiger charge is -2.35. The third-order valence-electron chi connectivity index (χ3n) is 3.36. The maximum absolute atomic E-state index is 12.3. The van der Waals surface area contributed by atoms with Gasteiger partial charge < -0.3 is 9.64 Å². The van der Waals surface area contributed by atoms with E-state index in [1.165, 1.54) is 22.8 Å². The first-order valence-corrected chi connectivity index (χ1v) is 7.82. The lowest BCUT2D eigenvalue weighted by Crippen LogP contribution is -2.52. The summed E-state index contributed by atoms with van der Waals surface area (Å²) in [5, 5.41) is 0. The number of methoxy groups -OCH3 is 1. The van der Waals surface area contributed by atoms with Crippen LogP contribution in [0.1, 0.15) is 13.3 Å². The normalized spacial score (nSPS) is 18.7. The molecule has 1 fully saturated rings. The lowest BCUT2D eigenvalue weighted by molar-refractivity contribution is -0.140. The number of nitrogens with zero attached hydrogens (tertiary/aromatic N) is 3. The van der Waals surface area contributed by atoms with Crippen molar-refractivity contribution in [2.45, 2.75) is 13.3 Å². The van der Waals surface area contributed by atoms with Crippen molar-refractivity contribution in [2.75, 3.05) is 53.4 Å². The van der Waals surface area contributed by atoms with Gasteiger partial charge in [-0.25, -0.2) is 0 Å². The van der Waals surface area contributed by atoms with Gasteiger partial charge in [-0.3, -0.25) is 4.79 Å². The van der Waals surface area contributed by atoms with Crippen molar-refractivity contribution in [3.63, 3.8) is 0 Å². The molecule has 7 nitrogen and oxygen atoms in total. The molecule has 19 heavy (non-hydrogen) atoms. The van der Waals surface area contributed by atoms with Crippen LogP contribution in [-0.2, 0) is 19.7 Å². The third-order valence-corrected chi connectivity index (χ3v) is 5.35. The summed E-state index contributed by atoms with van der Waals surface area (Å²) in [5.74, 6) is -0.405. The highest BCUT2D eigenvalue weighted by atomic mass is 32.2. The number of piperazine rings is 1. The van der Waals surface area contributed by atoms with Crippen LogP contribution in [0.15, 0.2) is 0 Å². The monoisotopic (exact) mass is 293 g/mol. The highest BCUT2D eigenvalue weighted by Gasteiger charge is 2.29. The average molecular weight is 293 g/mol. The van der Waals surface area contributed by atoms with Crippen LogP contribution in [0.4, 0.5) is 0 Å². The molecule has 0 bridgehead atoms.